The van der Waals surface area contributed by atoms with Crippen molar-refractivity contribution in [3.8, 4) is 11.1 Å². The van der Waals surface area contributed by atoms with Crippen LogP contribution in [0.4, 0.5) is 5.69 Å². The molecule has 0 unspecified atom stereocenters. The third kappa shape index (κ3) is 4.85. The maximum Gasteiger partial charge on any atom is 0.132 e. The molecule has 0 aliphatic rings. The van der Waals surface area contributed by atoms with Gasteiger partial charge in [0.05, 0.1) is 14.1 Å². The van der Waals surface area contributed by atoms with Gasteiger partial charge in [-0.1, -0.05) is 57.9 Å². The largest absolute Gasteiger partial charge is 0.293 e. The van der Waals surface area contributed by atoms with E-state index in [-0.39, 0.29) is 0 Å². The Morgan fingerprint density at radius 1 is 0.808 bits per heavy atom. The second-order valence-electron chi connectivity index (χ2n) is 6.88. The summed E-state index contributed by atoms with van der Waals surface area (Å²) in [5.41, 5.74) is 4.91. The van der Waals surface area contributed by atoms with Crippen LogP contribution >= 0.6 is 27.5 Å². The standard InChI is InChI=1S/C23H22BrClN/c1-26(2,17-3-4-18-5-13-22(25)14-6-18)23-15-9-20(10-16-23)19-7-11-21(24)12-8-19/h3-16H,17H2,1-2H3/q+1/b4-3+. The number of benzene rings is 3. The molecule has 3 rings (SSSR count). The Morgan fingerprint density at radius 2 is 1.35 bits per heavy atom. The van der Waals surface area contributed by atoms with E-state index in [0.29, 0.717) is 0 Å². The van der Waals surface area contributed by atoms with Gasteiger partial charge >= 0.3 is 0 Å². The fourth-order valence-corrected chi connectivity index (χ4v) is 3.22. The van der Waals surface area contributed by atoms with E-state index in [2.05, 4.69) is 90.7 Å². The predicted octanol–water partition coefficient (Wildman–Crippen LogP) is 7.05. The molecule has 0 radical (unpaired) electrons. The lowest BCUT2D eigenvalue weighted by molar-refractivity contribution is 0.442. The Labute approximate surface area is 169 Å². The van der Waals surface area contributed by atoms with Gasteiger partial charge in [0.1, 0.15) is 12.2 Å². The summed E-state index contributed by atoms with van der Waals surface area (Å²) in [5.74, 6) is 0. The van der Waals surface area contributed by atoms with Crippen molar-refractivity contribution in [2.24, 2.45) is 0 Å². The zero-order chi connectivity index (χ0) is 18.6. The molecule has 1 nitrogen and oxygen atoms in total. The molecule has 0 aliphatic heterocycles. The van der Waals surface area contributed by atoms with Crippen LogP contribution < -0.4 is 4.48 Å². The summed E-state index contributed by atoms with van der Waals surface area (Å²) in [6.45, 7) is 0.917. The molecule has 0 atom stereocenters. The Hall–Kier alpha value is -1.87. The molecular formula is C23H22BrClN+. The maximum absolute atomic E-state index is 5.93. The summed E-state index contributed by atoms with van der Waals surface area (Å²) in [6.07, 6.45) is 4.36. The summed E-state index contributed by atoms with van der Waals surface area (Å²) >= 11 is 9.42. The minimum atomic E-state index is 0.768. The third-order valence-electron chi connectivity index (χ3n) is 4.49. The van der Waals surface area contributed by atoms with Crippen LogP contribution in [0.2, 0.25) is 5.02 Å². The average molecular weight is 428 g/mol. The number of hydrogen-bond donors (Lipinski definition) is 0. The zero-order valence-corrected chi connectivity index (χ0v) is 17.3. The second kappa shape index (κ2) is 8.22. The maximum atomic E-state index is 5.93. The van der Waals surface area contributed by atoms with Crippen molar-refractivity contribution in [3.05, 3.63) is 93.9 Å². The molecule has 0 saturated carbocycles. The lowest BCUT2D eigenvalue weighted by Gasteiger charge is -2.28. The first kappa shape index (κ1) is 18.9. The van der Waals surface area contributed by atoms with Crippen molar-refractivity contribution >= 4 is 39.3 Å². The molecule has 0 spiro atoms. The van der Waals surface area contributed by atoms with E-state index in [4.69, 9.17) is 11.6 Å². The fraction of sp³-hybridized carbons (Fsp3) is 0.130. The second-order valence-corrected chi connectivity index (χ2v) is 8.23. The molecule has 26 heavy (non-hydrogen) atoms. The smallest absolute Gasteiger partial charge is 0.132 e. The lowest BCUT2D eigenvalue weighted by atomic mass is 10.1. The number of halogens is 2. The van der Waals surface area contributed by atoms with Crippen LogP contribution in [0.1, 0.15) is 5.56 Å². The van der Waals surface area contributed by atoms with Crippen LogP contribution in [-0.4, -0.2) is 20.6 Å². The highest BCUT2D eigenvalue weighted by Crippen LogP contribution is 2.26. The number of nitrogens with zero attached hydrogens (tertiary/aromatic N) is 1. The predicted molar refractivity (Wildman–Crippen MR) is 119 cm³/mol. The van der Waals surface area contributed by atoms with Gasteiger partial charge in [0.25, 0.3) is 0 Å². The van der Waals surface area contributed by atoms with Gasteiger partial charge in [0.2, 0.25) is 0 Å². The van der Waals surface area contributed by atoms with E-state index >= 15 is 0 Å². The first-order valence-corrected chi connectivity index (χ1v) is 9.73. The molecule has 0 N–H and O–H groups in total. The molecule has 0 amide bonds. The molecule has 0 saturated heterocycles. The molecule has 0 bridgehead atoms. The summed E-state index contributed by atoms with van der Waals surface area (Å²) in [7, 11) is 4.45. The van der Waals surface area contributed by atoms with Crippen LogP contribution in [0.15, 0.2) is 83.3 Å². The van der Waals surface area contributed by atoms with Crippen LogP contribution in [0.5, 0.6) is 0 Å². The van der Waals surface area contributed by atoms with Gasteiger partial charge in [0.15, 0.2) is 0 Å². The average Bonchev–Trinajstić information content (AvgIpc) is 2.64. The summed E-state index contributed by atoms with van der Waals surface area (Å²) in [5, 5.41) is 0.768. The van der Waals surface area contributed by atoms with Gasteiger partial charge in [-0.25, -0.2) is 0 Å². The molecule has 0 fully saturated rings. The van der Waals surface area contributed by atoms with Crippen molar-refractivity contribution in [1.82, 2.24) is 4.48 Å². The Bertz CT molecular complexity index is 879. The summed E-state index contributed by atoms with van der Waals surface area (Å²) < 4.78 is 1.90. The fourth-order valence-electron chi connectivity index (χ4n) is 2.83. The van der Waals surface area contributed by atoms with E-state index < -0.39 is 0 Å². The molecule has 132 valence electrons. The van der Waals surface area contributed by atoms with Gasteiger partial charge < -0.3 is 0 Å². The molecule has 3 aromatic carbocycles. The van der Waals surface area contributed by atoms with E-state index in [9.17, 15) is 0 Å². The van der Waals surface area contributed by atoms with Crippen molar-refractivity contribution in [2.45, 2.75) is 0 Å². The molecule has 0 aromatic heterocycles. The molecular weight excluding hydrogens is 406 g/mol. The van der Waals surface area contributed by atoms with Gasteiger partial charge in [-0.15, -0.1) is 0 Å². The third-order valence-corrected chi connectivity index (χ3v) is 5.27. The van der Waals surface area contributed by atoms with Gasteiger partial charge in [-0.2, -0.15) is 0 Å². The van der Waals surface area contributed by atoms with Crippen LogP contribution in [-0.2, 0) is 0 Å². The minimum absolute atomic E-state index is 0.768. The van der Waals surface area contributed by atoms with Gasteiger partial charge in [-0.3, -0.25) is 4.48 Å². The Kier molecular flexibility index (Phi) is 5.98. The molecule has 3 heteroatoms. The normalized spacial score (nSPS) is 11.8. The highest BCUT2D eigenvalue weighted by atomic mass is 79.9. The lowest BCUT2D eigenvalue weighted by Crippen LogP contribution is -2.40. The molecule has 0 heterocycles. The van der Waals surface area contributed by atoms with Crippen molar-refractivity contribution in [1.29, 1.82) is 0 Å². The zero-order valence-electron chi connectivity index (χ0n) is 15.0. The van der Waals surface area contributed by atoms with Gasteiger partial charge in [0, 0.05) is 9.50 Å². The van der Waals surface area contributed by atoms with Crippen LogP contribution in [0.25, 0.3) is 17.2 Å². The van der Waals surface area contributed by atoms with Crippen molar-refractivity contribution < 1.29 is 0 Å². The first-order valence-electron chi connectivity index (χ1n) is 8.56. The van der Waals surface area contributed by atoms with Crippen LogP contribution in [0, 0.1) is 0 Å². The van der Waals surface area contributed by atoms with Crippen molar-refractivity contribution in [2.75, 3.05) is 20.6 Å². The van der Waals surface area contributed by atoms with Crippen molar-refractivity contribution in [3.63, 3.8) is 0 Å². The van der Waals surface area contributed by atoms with Gasteiger partial charge in [-0.05, 0) is 71.3 Å². The number of quaternary nitrogens is 1. The number of hydrogen-bond acceptors (Lipinski definition) is 0. The first-order chi connectivity index (χ1) is 12.4. The molecule has 3 aromatic rings. The Morgan fingerprint density at radius 3 is 1.92 bits per heavy atom. The van der Waals surface area contributed by atoms with Crippen LogP contribution in [0.3, 0.4) is 0 Å². The number of rotatable bonds is 5. The number of likely N-dealkylation sites (N-methyl/N-ethyl adjacent to an activating group) is 1. The monoisotopic (exact) mass is 426 g/mol. The highest BCUT2D eigenvalue weighted by molar-refractivity contribution is 9.10. The summed E-state index contributed by atoms with van der Waals surface area (Å²) in [4.78, 5) is 0. The topological polar surface area (TPSA) is 0 Å². The van der Waals surface area contributed by atoms with E-state index in [0.717, 1.165) is 20.5 Å². The van der Waals surface area contributed by atoms with E-state index in [1.165, 1.54) is 22.4 Å². The summed E-state index contributed by atoms with van der Waals surface area (Å²) in [6, 6.07) is 25.1. The quantitative estimate of drug-likeness (QED) is 0.383. The van der Waals surface area contributed by atoms with E-state index in [1.54, 1.807) is 0 Å². The Balaban J connectivity index is 1.70. The highest BCUT2D eigenvalue weighted by Gasteiger charge is 2.17. The van der Waals surface area contributed by atoms with E-state index in [1.807, 2.05) is 24.3 Å². The molecule has 0 aliphatic carbocycles. The minimum Gasteiger partial charge on any atom is -0.293 e. The SMILES string of the molecule is C[N+](C)(C/C=C/c1ccc(Cl)cc1)c1ccc(-c2ccc(Br)cc2)cc1.